The van der Waals surface area contributed by atoms with Crippen molar-refractivity contribution in [2.45, 2.75) is 17.5 Å². The first-order valence-electron chi connectivity index (χ1n) is 12.6. The van der Waals surface area contributed by atoms with E-state index in [4.69, 9.17) is 32.0 Å². The van der Waals surface area contributed by atoms with Crippen LogP contribution in [0.1, 0.15) is 23.1 Å². The fraction of sp³-hybridized carbons (Fsp3) is 0.222. The number of nitrogens with zero attached hydrogens (tertiary/aromatic N) is 4. The normalized spacial score (nSPS) is 18.1. The van der Waals surface area contributed by atoms with Gasteiger partial charge in [0, 0.05) is 23.2 Å². The molecule has 0 unspecified atom stereocenters. The van der Waals surface area contributed by atoms with Gasteiger partial charge in [-0.3, -0.25) is 14.5 Å². The second-order valence-corrected chi connectivity index (χ2v) is 11.3. The zero-order valence-corrected chi connectivity index (χ0v) is 24.5. The zero-order chi connectivity index (χ0) is 30.5. The summed E-state index contributed by atoms with van der Waals surface area (Å²) >= 11 is 8.29. The highest BCUT2D eigenvalue weighted by Crippen LogP contribution is 2.42. The van der Waals surface area contributed by atoms with Crippen molar-refractivity contribution < 1.29 is 33.9 Å². The maximum atomic E-state index is 13.7. The van der Waals surface area contributed by atoms with E-state index in [1.807, 2.05) is 60.7 Å². The lowest BCUT2D eigenvalue weighted by molar-refractivity contribution is -0.154. The molecule has 2 aliphatic rings. The first kappa shape index (κ1) is 30.0. The number of anilines is 1. The van der Waals surface area contributed by atoms with Gasteiger partial charge in [-0.1, -0.05) is 65.8 Å². The number of carboxylic acid groups (broad SMARTS) is 1. The predicted molar refractivity (Wildman–Crippen MR) is 158 cm³/mol. The summed E-state index contributed by atoms with van der Waals surface area (Å²) in [5, 5.41) is 14.3. The minimum absolute atomic E-state index is 0.0130. The number of oxime groups is 1. The van der Waals surface area contributed by atoms with Crippen LogP contribution in [0.15, 0.2) is 77.1 Å². The van der Waals surface area contributed by atoms with Crippen molar-refractivity contribution in [1.82, 2.24) is 19.6 Å². The number of rotatable bonds is 11. The number of nitrogens with two attached hydrogens (primary N) is 1. The Kier molecular flexibility index (Phi) is 9.23. The van der Waals surface area contributed by atoms with E-state index in [1.165, 1.54) is 16.7 Å². The highest BCUT2D eigenvalue weighted by molar-refractivity contribution is 8.00. The van der Waals surface area contributed by atoms with Crippen LogP contribution in [0.25, 0.3) is 0 Å². The molecule has 222 valence electrons. The topological polar surface area (TPSA) is 186 Å². The SMILES string of the molecule is Nc1nc(C(=NOCC(=O)O)C(=O)N[C@@H]2C(=O)N3C(C(=O)OC(c4ccccc4)c4ccccc4)=C(CCl)CS[C@H]23)ns1. The van der Waals surface area contributed by atoms with Gasteiger partial charge in [0.1, 0.15) is 17.1 Å². The van der Waals surface area contributed by atoms with Crippen LogP contribution in [-0.2, 0) is 28.8 Å². The van der Waals surface area contributed by atoms with Crippen molar-refractivity contribution in [3.05, 3.63) is 88.9 Å². The summed E-state index contributed by atoms with van der Waals surface area (Å²) in [6.07, 6.45) is -0.749. The molecule has 0 spiro atoms. The second-order valence-electron chi connectivity index (χ2n) is 9.12. The van der Waals surface area contributed by atoms with E-state index < -0.39 is 53.6 Å². The van der Waals surface area contributed by atoms with Crippen molar-refractivity contribution in [3.63, 3.8) is 0 Å². The third kappa shape index (κ3) is 6.48. The van der Waals surface area contributed by atoms with E-state index in [0.29, 0.717) is 11.3 Å². The average molecular weight is 643 g/mol. The quantitative estimate of drug-likeness (QED) is 0.0914. The highest BCUT2D eigenvalue weighted by Gasteiger charge is 2.55. The summed E-state index contributed by atoms with van der Waals surface area (Å²) in [6.45, 7) is -0.824. The van der Waals surface area contributed by atoms with Gasteiger partial charge in [-0.15, -0.1) is 23.4 Å². The van der Waals surface area contributed by atoms with Gasteiger partial charge in [-0.2, -0.15) is 9.36 Å². The summed E-state index contributed by atoms with van der Waals surface area (Å²) in [4.78, 5) is 61.0. The Bertz CT molecular complexity index is 1560. The van der Waals surface area contributed by atoms with Crippen molar-refractivity contribution in [2.24, 2.45) is 5.16 Å². The number of alkyl halides is 1. The Morgan fingerprint density at radius 2 is 1.79 bits per heavy atom. The number of nitrogen functional groups attached to an aromatic ring is 1. The Hall–Kier alpha value is -4.47. The molecule has 0 bridgehead atoms. The summed E-state index contributed by atoms with van der Waals surface area (Å²) in [5.74, 6) is -3.43. The lowest BCUT2D eigenvalue weighted by Crippen LogP contribution is -2.71. The molecule has 16 heteroatoms. The number of hydrogen-bond donors (Lipinski definition) is 3. The molecule has 0 aliphatic carbocycles. The van der Waals surface area contributed by atoms with Gasteiger partial charge in [-0.05, 0) is 16.7 Å². The number of aliphatic carboxylic acids is 1. The van der Waals surface area contributed by atoms with Crippen molar-refractivity contribution in [3.8, 4) is 0 Å². The smallest absolute Gasteiger partial charge is 0.356 e. The molecular weight excluding hydrogens is 620 g/mol. The summed E-state index contributed by atoms with van der Waals surface area (Å²) < 4.78 is 9.94. The molecule has 43 heavy (non-hydrogen) atoms. The van der Waals surface area contributed by atoms with Gasteiger partial charge in [0.15, 0.2) is 11.2 Å². The van der Waals surface area contributed by atoms with Gasteiger partial charge >= 0.3 is 11.9 Å². The Balaban J connectivity index is 1.36. The van der Waals surface area contributed by atoms with E-state index >= 15 is 0 Å². The fourth-order valence-corrected chi connectivity index (χ4v) is 6.51. The largest absolute Gasteiger partial charge is 0.479 e. The number of ether oxygens (including phenoxy) is 1. The first-order valence-corrected chi connectivity index (χ1v) is 15.0. The lowest BCUT2D eigenvalue weighted by atomic mass is 10.0. The van der Waals surface area contributed by atoms with Gasteiger partial charge in [0.05, 0.1) is 0 Å². The van der Waals surface area contributed by atoms with Gasteiger partial charge in [-0.25, -0.2) is 9.59 Å². The number of benzene rings is 2. The molecule has 4 N–H and O–H groups in total. The number of carbonyl (C=O) groups excluding carboxylic acids is 3. The molecule has 2 aliphatic heterocycles. The third-order valence-corrected chi connectivity index (χ3v) is 8.54. The average Bonchev–Trinajstić information content (AvgIpc) is 3.45. The highest BCUT2D eigenvalue weighted by atomic mass is 35.5. The summed E-state index contributed by atoms with van der Waals surface area (Å²) in [6, 6.07) is 17.3. The van der Waals surface area contributed by atoms with Crippen LogP contribution in [0.5, 0.6) is 0 Å². The van der Waals surface area contributed by atoms with E-state index in [9.17, 15) is 19.2 Å². The number of β-lactam (4-membered cyclic amide) rings is 1. The van der Waals surface area contributed by atoms with Crippen LogP contribution in [0.4, 0.5) is 5.13 Å². The zero-order valence-electron chi connectivity index (χ0n) is 22.1. The molecule has 1 aromatic heterocycles. The Labute approximate surface area is 257 Å². The number of carbonyl (C=O) groups is 4. The number of hydrogen-bond acceptors (Lipinski definition) is 12. The Morgan fingerprint density at radius 3 is 2.35 bits per heavy atom. The minimum Gasteiger partial charge on any atom is -0.479 e. The molecule has 2 amide bonds. The number of aromatic nitrogens is 2. The molecule has 2 aromatic carbocycles. The molecule has 0 radical (unpaired) electrons. The van der Waals surface area contributed by atoms with Crippen molar-refractivity contribution in [2.75, 3.05) is 24.0 Å². The van der Waals surface area contributed by atoms with Crippen LogP contribution in [0.2, 0.25) is 0 Å². The van der Waals surface area contributed by atoms with Gasteiger partial charge in [0.2, 0.25) is 18.1 Å². The maximum absolute atomic E-state index is 13.7. The molecule has 0 saturated carbocycles. The van der Waals surface area contributed by atoms with Crippen LogP contribution >= 0.6 is 34.9 Å². The number of nitrogens with one attached hydrogen (secondary N) is 1. The molecule has 2 atom stereocenters. The lowest BCUT2D eigenvalue weighted by Gasteiger charge is -2.49. The predicted octanol–water partition coefficient (Wildman–Crippen LogP) is 2.15. The van der Waals surface area contributed by atoms with Crippen LogP contribution in [0, 0.1) is 0 Å². The van der Waals surface area contributed by atoms with E-state index in [-0.39, 0.29) is 22.5 Å². The van der Waals surface area contributed by atoms with Gasteiger partial charge < -0.3 is 25.7 Å². The second kappa shape index (κ2) is 13.2. The summed E-state index contributed by atoms with van der Waals surface area (Å²) in [7, 11) is 0. The summed E-state index contributed by atoms with van der Waals surface area (Å²) in [5.41, 5.74) is 7.17. The van der Waals surface area contributed by atoms with Crippen LogP contribution < -0.4 is 11.1 Å². The molecule has 1 saturated heterocycles. The number of amides is 2. The van der Waals surface area contributed by atoms with Crippen LogP contribution in [0.3, 0.4) is 0 Å². The number of thioether (sulfide) groups is 1. The van der Waals surface area contributed by atoms with Crippen molar-refractivity contribution in [1.29, 1.82) is 0 Å². The minimum atomic E-state index is -1.32. The fourth-order valence-electron chi connectivity index (χ4n) is 4.40. The molecule has 5 rings (SSSR count). The molecule has 1 fully saturated rings. The number of carboxylic acids is 1. The van der Waals surface area contributed by atoms with E-state index in [2.05, 4.69) is 19.8 Å². The number of fused-ring (bicyclic) bond motifs is 1. The standard InChI is InChI=1S/C27H23ClN6O7S2/c28-11-16-13-42-25-19(30-23(37)18(32-40-12-17(35)36)22-31-27(29)43-33-22)24(38)34(25)20(16)26(39)41-21(14-7-3-1-4-8-14)15-9-5-2-6-10-15/h1-10,19,21,25H,11-13H2,(H,30,37)(H,35,36)(H2,29,31,33)/t19-,25-/m1/s1. The maximum Gasteiger partial charge on any atom is 0.356 e. The molecule has 3 aromatic rings. The molecule has 13 nitrogen and oxygen atoms in total. The van der Waals surface area contributed by atoms with Gasteiger partial charge in [0.25, 0.3) is 11.8 Å². The number of esters is 1. The Morgan fingerprint density at radius 1 is 1.14 bits per heavy atom. The molecular formula is C27H23ClN6O7S2. The third-order valence-electron chi connectivity index (χ3n) is 6.33. The molecule has 3 heterocycles. The van der Waals surface area contributed by atoms with Crippen molar-refractivity contribution >= 4 is 69.5 Å². The van der Waals surface area contributed by atoms with E-state index in [0.717, 1.165) is 22.7 Å². The number of halogens is 1. The first-order chi connectivity index (χ1) is 20.8. The monoisotopic (exact) mass is 642 g/mol. The van der Waals surface area contributed by atoms with Crippen LogP contribution in [-0.4, -0.2) is 78.5 Å². The van der Waals surface area contributed by atoms with E-state index in [1.54, 1.807) is 0 Å².